The van der Waals surface area contributed by atoms with Crippen molar-refractivity contribution in [1.82, 2.24) is 5.01 Å². The van der Waals surface area contributed by atoms with Crippen LogP contribution in [0.5, 0.6) is 11.5 Å². The molecule has 0 spiro atoms. The van der Waals surface area contributed by atoms with Crippen molar-refractivity contribution < 1.29 is 19.1 Å². The van der Waals surface area contributed by atoms with Gasteiger partial charge in [-0.2, -0.15) is 10.1 Å². The van der Waals surface area contributed by atoms with Crippen LogP contribution in [0.2, 0.25) is 0 Å². The Hall–Kier alpha value is -2.15. The number of halogens is 1. The smallest absolute Gasteiger partial charge is 0.254 e. The van der Waals surface area contributed by atoms with Gasteiger partial charge in [0.15, 0.2) is 11.5 Å². The van der Waals surface area contributed by atoms with Crippen molar-refractivity contribution in [3.63, 3.8) is 0 Å². The van der Waals surface area contributed by atoms with Gasteiger partial charge in [-0.25, -0.2) is 0 Å². The summed E-state index contributed by atoms with van der Waals surface area (Å²) in [5.41, 5.74) is 0.700. The van der Waals surface area contributed by atoms with Crippen molar-refractivity contribution in [3.05, 3.63) is 34.3 Å². The monoisotopic (exact) mass is 418 g/mol. The molecular formula is C19H19BrN2O4. The highest BCUT2D eigenvalue weighted by atomic mass is 79.9. The first-order valence-electron chi connectivity index (χ1n) is 8.56. The van der Waals surface area contributed by atoms with Crippen LogP contribution in [0.25, 0.3) is 0 Å². The van der Waals surface area contributed by atoms with Crippen LogP contribution in [0.1, 0.15) is 18.4 Å². The highest BCUT2D eigenvalue weighted by molar-refractivity contribution is 9.10. The number of hydrogen-bond donors (Lipinski definition) is 0. The number of nitrogens with zero attached hydrogens (tertiary/aromatic N) is 2. The molecule has 6 nitrogen and oxygen atoms in total. The lowest BCUT2D eigenvalue weighted by Crippen LogP contribution is -2.38. The van der Waals surface area contributed by atoms with Crippen LogP contribution >= 0.6 is 15.9 Å². The Morgan fingerprint density at radius 2 is 1.69 bits per heavy atom. The van der Waals surface area contributed by atoms with Gasteiger partial charge in [0.05, 0.1) is 36.7 Å². The molecule has 5 rings (SSSR count). The number of rotatable bonds is 4. The molecule has 4 aliphatic rings. The van der Waals surface area contributed by atoms with Gasteiger partial charge in [0.1, 0.15) is 0 Å². The summed E-state index contributed by atoms with van der Waals surface area (Å²) in [7, 11) is 3.11. The summed E-state index contributed by atoms with van der Waals surface area (Å²) in [6.45, 7) is 0. The van der Waals surface area contributed by atoms with Gasteiger partial charge in [-0.3, -0.25) is 9.59 Å². The molecule has 2 fully saturated rings. The average Bonchev–Trinajstić information content (AvgIpc) is 2.93. The second-order valence-electron chi connectivity index (χ2n) is 6.81. The maximum absolute atomic E-state index is 12.8. The first kappa shape index (κ1) is 17.3. The van der Waals surface area contributed by atoms with Crippen molar-refractivity contribution in [2.24, 2.45) is 28.8 Å². The Balaban J connectivity index is 1.61. The van der Waals surface area contributed by atoms with E-state index in [1.165, 1.54) is 6.21 Å². The van der Waals surface area contributed by atoms with E-state index in [1.54, 1.807) is 26.4 Å². The quantitative estimate of drug-likeness (QED) is 0.428. The zero-order valence-electron chi connectivity index (χ0n) is 14.5. The van der Waals surface area contributed by atoms with E-state index in [0.29, 0.717) is 21.5 Å². The van der Waals surface area contributed by atoms with Crippen LogP contribution in [0.4, 0.5) is 0 Å². The topological polar surface area (TPSA) is 68.2 Å². The number of fused-ring (bicyclic) bond motifs is 1. The number of carbonyl (C=O) groups excluding carboxylic acids is 2. The fraction of sp³-hybridized carbons (Fsp3) is 0.421. The standard InChI is InChI=1S/C19H19BrN2O4/c1-25-14-8-10(7-13(20)17(14)26-2)9-21-22-18(23)15-11-3-4-12(6-5-11)16(15)19(22)24/h3-4,7-9,11-12,15-16H,5-6H2,1-2H3/b21-9-/t11-,12-,15+,16+/m0/s1. The van der Waals surface area contributed by atoms with Crippen LogP contribution < -0.4 is 9.47 Å². The first-order valence-corrected chi connectivity index (χ1v) is 9.36. The van der Waals surface area contributed by atoms with E-state index >= 15 is 0 Å². The van der Waals surface area contributed by atoms with Gasteiger partial charge >= 0.3 is 0 Å². The summed E-state index contributed by atoms with van der Waals surface area (Å²) in [6, 6.07) is 3.55. The molecule has 1 heterocycles. The van der Waals surface area contributed by atoms with Crippen molar-refractivity contribution in [1.29, 1.82) is 0 Å². The maximum atomic E-state index is 12.8. The number of methoxy groups -OCH3 is 2. The van der Waals surface area contributed by atoms with Crippen molar-refractivity contribution in [2.45, 2.75) is 12.8 Å². The van der Waals surface area contributed by atoms with Gasteiger partial charge in [0.2, 0.25) is 0 Å². The zero-order valence-corrected chi connectivity index (χ0v) is 16.1. The zero-order chi connectivity index (χ0) is 18.4. The minimum absolute atomic E-state index is 0.164. The lowest BCUT2D eigenvalue weighted by Gasteiger charge is -2.37. The second-order valence-corrected chi connectivity index (χ2v) is 7.67. The number of ether oxygens (including phenoxy) is 2. The summed E-state index contributed by atoms with van der Waals surface area (Å²) in [6.07, 6.45) is 7.65. The summed E-state index contributed by atoms with van der Waals surface area (Å²) < 4.78 is 11.3. The number of benzene rings is 1. The Morgan fingerprint density at radius 1 is 1.08 bits per heavy atom. The summed E-state index contributed by atoms with van der Waals surface area (Å²) in [4.78, 5) is 25.5. The molecule has 0 unspecified atom stereocenters. The third-order valence-electron chi connectivity index (χ3n) is 5.51. The predicted molar refractivity (Wildman–Crippen MR) is 99.0 cm³/mol. The molecule has 136 valence electrons. The van der Waals surface area contributed by atoms with E-state index in [-0.39, 0.29) is 35.5 Å². The normalized spacial score (nSPS) is 29.6. The van der Waals surface area contributed by atoms with E-state index < -0.39 is 0 Å². The van der Waals surface area contributed by atoms with Crippen molar-refractivity contribution in [2.75, 3.05) is 14.2 Å². The SMILES string of the molecule is COc1cc(/C=N\N2C(=O)[C@H]3[C@H](C2=O)[C@H]2C=C[C@H]3CC2)cc(Br)c1OC. The number of allylic oxidation sites excluding steroid dienone is 2. The number of imide groups is 1. The summed E-state index contributed by atoms with van der Waals surface area (Å²) in [5.74, 6) is 0.574. The van der Waals surface area contributed by atoms with Gasteiger partial charge in [0, 0.05) is 0 Å². The van der Waals surface area contributed by atoms with Gasteiger partial charge in [-0.15, -0.1) is 0 Å². The Labute approximate surface area is 160 Å². The minimum atomic E-state index is -0.250. The highest BCUT2D eigenvalue weighted by Crippen LogP contribution is 2.49. The first-order chi connectivity index (χ1) is 12.5. The molecule has 1 saturated carbocycles. The van der Waals surface area contributed by atoms with Crippen LogP contribution in [-0.4, -0.2) is 37.3 Å². The van der Waals surface area contributed by atoms with Crippen LogP contribution in [0.3, 0.4) is 0 Å². The molecule has 1 aromatic rings. The second kappa shape index (κ2) is 6.54. The molecule has 1 aliphatic heterocycles. The van der Waals surface area contributed by atoms with Crippen molar-refractivity contribution >= 4 is 34.0 Å². The molecule has 3 aliphatic carbocycles. The number of carbonyl (C=O) groups is 2. The molecule has 0 aromatic heterocycles. The maximum Gasteiger partial charge on any atom is 0.254 e. The Bertz CT molecular complexity index is 803. The van der Waals surface area contributed by atoms with Gasteiger partial charge in [-0.1, -0.05) is 12.2 Å². The predicted octanol–water partition coefficient (Wildman–Crippen LogP) is 3.00. The van der Waals surface area contributed by atoms with E-state index in [0.717, 1.165) is 17.9 Å². The van der Waals surface area contributed by atoms with Crippen LogP contribution in [0, 0.1) is 23.7 Å². The summed E-state index contributed by atoms with van der Waals surface area (Å²) in [5, 5.41) is 5.27. The third-order valence-corrected chi connectivity index (χ3v) is 6.10. The molecule has 0 radical (unpaired) electrons. The highest BCUT2D eigenvalue weighted by Gasteiger charge is 2.56. The number of amides is 2. The molecule has 2 bridgehead atoms. The molecule has 1 saturated heterocycles. The van der Waals surface area contributed by atoms with E-state index in [9.17, 15) is 9.59 Å². The summed E-state index contributed by atoms with van der Waals surface area (Å²) >= 11 is 3.43. The molecule has 2 amide bonds. The van der Waals surface area contributed by atoms with E-state index in [1.807, 2.05) is 0 Å². The van der Waals surface area contributed by atoms with Crippen molar-refractivity contribution in [3.8, 4) is 11.5 Å². The van der Waals surface area contributed by atoms with Crippen LogP contribution in [-0.2, 0) is 9.59 Å². The minimum Gasteiger partial charge on any atom is -0.493 e. The molecule has 4 atom stereocenters. The lowest BCUT2D eigenvalue weighted by atomic mass is 9.63. The van der Waals surface area contributed by atoms with Crippen LogP contribution in [0.15, 0.2) is 33.9 Å². The largest absolute Gasteiger partial charge is 0.493 e. The average molecular weight is 419 g/mol. The lowest BCUT2D eigenvalue weighted by molar-refractivity contribution is -0.140. The van der Waals surface area contributed by atoms with E-state index in [4.69, 9.17) is 9.47 Å². The van der Waals surface area contributed by atoms with Gasteiger partial charge in [0.25, 0.3) is 11.8 Å². The fourth-order valence-corrected chi connectivity index (χ4v) is 4.93. The Kier molecular flexibility index (Phi) is 4.34. The molecule has 1 aromatic carbocycles. The molecule has 7 heteroatoms. The third kappa shape index (κ3) is 2.57. The van der Waals surface area contributed by atoms with E-state index in [2.05, 4.69) is 33.2 Å². The molecule has 26 heavy (non-hydrogen) atoms. The number of hydrazone groups is 1. The Morgan fingerprint density at radius 3 is 2.19 bits per heavy atom. The fourth-order valence-electron chi connectivity index (χ4n) is 4.31. The molecular weight excluding hydrogens is 400 g/mol. The number of hydrogen-bond acceptors (Lipinski definition) is 5. The van der Waals surface area contributed by atoms with Gasteiger partial charge in [-0.05, 0) is 58.3 Å². The van der Waals surface area contributed by atoms with Gasteiger partial charge < -0.3 is 9.47 Å². The molecule has 0 N–H and O–H groups in total.